The molecule has 0 radical (unpaired) electrons. The lowest BCUT2D eigenvalue weighted by Gasteiger charge is -2.42. The SMILES string of the molecule is N[C@H]1C[C@@H]2C[C@@H]1C1(C2)SCCCS1. The van der Waals surface area contributed by atoms with Gasteiger partial charge in [0.25, 0.3) is 0 Å². The molecule has 1 saturated heterocycles. The topological polar surface area (TPSA) is 26.0 Å². The van der Waals surface area contributed by atoms with Crippen LogP contribution in [-0.4, -0.2) is 21.6 Å². The molecule has 13 heavy (non-hydrogen) atoms. The summed E-state index contributed by atoms with van der Waals surface area (Å²) in [6, 6.07) is 0.525. The van der Waals surface area contributed by atoms with E-state index < -0.39 is 0 Å². The third kappa shape index (κ3) is 1.27. The molecule has 2 aliphatic carbocycles. The Morgan fingerprint density at radius 1 is 1.15 bits per heavy atom. The van der Waals surface area contributed by atoms with Gasteiger partial charge in [0, 0.05) is 6.04 Å². The number of fused-ring (bicyclic) bond motifs is 3. The Morgan fingerprint density at radius 2 is 1.92 bits per heavy atom. The van der Waals surface area contributed by atoms with Crippen LogP contribution in [0, 0.1) is 11.8 Å². The van der Waals surface area contributed by atoms with E-state index in [0.29, 0.717) is 10.1 Å². The third-order valence-corrected chi connectivity index (χ3v) is 7.44. The van der Waals surface area contributed by atoms with Crippen LogP contribution in [0.25, 0.3) is 0 Å². The number of rotatable bonds is 0. The van der Waals surface area contributed by atoms with E-state index in [1.807, 2.05) is 0 Å². The van der Waals surface area contributed by atoms with Crippen LogP contribution in [0.5, 0.6) is 0 Å². The Kier molecular flexibility index (Phi) is 2.11. The van der Waals surface area contributed by atoms with E-state index in [4.69, 9.17) is 5.73 Å². The molecule has 1 aliphatic heterocycles. The van der Waals surface area contributed by atoms with Crippen LogP contribution in [0.15, 0.2) is 0 Å². The molecule has 3 fully saturated rings. The summed E-state index contributed by atoms with van der Waals surface area (Å²) >= 11 is 4.45. The lowest BCUT2D eigenvalue weighted by molar-refractivity contribution is 0.406. The van der Waals surface area contributed by atoms with Gasteiger partial charge in [0.05, 0.1) is 4.08 Å². The van der Waals surface area contributed by atoms with Crippen molar-refractivity contribution in [2.45, 2.75) is 35.8 Å². The maximum absolute atomic E-state index is 6.20. The lowest BCUT2D eigenvalue weighted by Crippen LogP contribution is -2.42. The molecular formula is C10H17NS2. The van der Waals surface area contributed by atoms with Gasteiger partial charge in [-0.1, -0.05) is 0 Å². The standard InChI is InChI=1S/C10H17NS2/c11-9-5-7-4-8(9)10(6-7)12-2-1-3-13-10/h7-9H,1-6,11H2/t7-,8-,9-/m0/s1. The van der Waals surface area contributed by atoms with Gasteiger partial charge in [0.1, 0.15) is 0 Å². The normalized spacial score (nSPS) is 47.3. The zero-order valence-electron chi connectivity index (χ0n) is 7.87. The summed E-state index contributed by atoms with van der Waals surface area (Å²) in [5.41, 5.74) is 6.20. The molecule has 3 rings (SSSR count). The van der Waals surface area contributed by atoms with Crippen LogP contribution in [0.4, 0.5) is 0 Å². The van der Waals surface area contributed by atoms with Gasteiger partial charge in [-0.2, -0.15) is 0 Å². The molecule has 74 valence electrons. The van der Waals surface area contributed by atoms with Gasteiger partial charge in [-0.25, -0.2) is 0 Å². The second kappa shape index (κ2) is 3.07. The van der Waals surface area contributed by atoms with Gasteiger partial charge in [-0.15, -0.1) is 23.5 Å². The van der Waals surface area contributed by atoms with Gasteiger partial charge in [0.2, 0.25) is 0 Å². The Labute approximate surface area is 88.6 Å². The fourth-order valence-electron chi connectivity index (χ4n) is 3.33. The van der Waals surface area contributed by atoms with Crippen LogP contribution in [0.1, 0.15) is 25.7 Å². The van der Waals surface area contributed by atoms with Crippen LogP contribution < -0.4 is 5.73 Å². The number of hydrogen-bond donors (Lipinski definition) is 1. The molecule has 2 saturated carbocycles. The maximum atomic E-state index is 6.20. The molecule has 1 spiro atoms. The van der Waals surface area contributed by atoms with Crippen LogP contribution in [0.3, 0.4) is 0 Å². The lowest BCUT2D eigenvalue weighted by atomic mass is 9.95. The van der Waals surface area contributed by atoms with Gasteiger partial charge < -0.3 is 5.73 Å². The molecule has 0 unspecified atom stereocenters. The van der Waals surface area contributed by atoms with Gasteiger partial charge in [-0.05, 0) is 49.0 Å². The summed E-state index contributed by atoms with van der Waals surface area (Å²) in [6.45, 7) is 0. The molecule has 0 amide bonds. The summed E-state index contributed by atoms with van der Waals surface area (Å²) in [7, 11) is 0. The van der Waals surface area contributed by atoms with E-state index in [1.54, 1.807) is 0 Å². The second-order valence-corrected chi connectivity index (χ2v) is 7.78. The first kappa shape index (κ1) is 8.93. The van der Waals surface area contributed by atoms with Crippen molar-refractivity contribution in [2.75, 3.05) is 11.5 Å². The Bertz CT molecular complexity index is 213. The Hall–Kier alpha value is 0.660. The molecule has 0 aromatic heterocycles. The molecular weight excluding hydrogens is 198 g/mol. The minimum absolute atomic E-state index is 0.525. The van der Waals surface area contributed by atoms with Gasteiger partial charge >= 0.3 is 0 Å². The smallest absolute Gasteiger partial charge is 0.0656 e. The van der Waals surface area contributed by atoms with Crippen LogP contribution in [-0.2, 0) is 0 Å². The van der Waals surface area contributed by atoms with Crippen LogP contribution in [0.2, 0.25) is 0 Å². The molecule has 3 heteroatoms. The van der Waals surface area contributed by atoms with Crippen molar-refractivity contribution >= 4 is 23.5 Å². The van der Waals surface area contributed by atoms with Crippen molar-refractivity contribution in [3.63, 3.8) is 0 Å². The zero-order valence-corrected chi connectivity index (χ0v) is 9.50. The zero-order chi connectivity index (χ0) is 8.89. The summed E-state index contributed by atoms with van der Waals surface area (Å²) in [5.74, 6) is 4.57. The predicted molar refractivity (Wildman–Crippen MR) is 61.1 cm³/mol. The summed E-state index contributed by atoms with van der Waals surface area (Å²) < 4.78 is 0.570. The average Bonchev–Trinajstić information content (AvgIpc) is 2.62. The van der Waals surface area contributed by atoms with E-state index >= 15 is 0 Å². The van der Waals surface area contributed by atoms with E-state index in [0.717, 1.165) is 11.8 Å². The molecule has 3 aliphatic rings. The highest BCUT2D eigenvalue weighted by molar-refractivity contribution is 8.18. The number of nitrogens with two attached hydrogens (primary N) is 1. The Balaban J connectivity index is 1.83. The van der Waals surface area contributed by atoms with Crippen molar-refractivity contribution < 1.29 is 0 Å². The minimum atomic E-state index is 0.525. The first-order valence-corrected chi connectivity index (χ1v) is 7.31. The van der Waals surface area contributed by atoms with E-state index in [2.05, 4.69) is 23.5 Å². The first-order chi connectivity index (χ1) is 6.30. The fourth-order valence-corrected chi connectivity index (χ4v) is 7.29. The van der Waals surface area contributed by atoms with Crippen molar-refractivity contribution in [1.82, 2.24) is 0 Å². The molecule has 0 aromatic rings. The summed E-state index contributed by atoms with van der Waals surface area (Å²) in [5, 5.41) is 0. The largest absolute Gasteiger partial charge is 0.327 e. The molecule has 2 N–H and O–H groups in total. The molecule has 1 heterocycles. The molecule has 0 aromatic carbocycles. The average molecular weight is 215 g/mol. The third-order valence-electron chi connectivity index (χ3n) is 3.83. The van der Waals surface area contributed by atoms with Crippen molar-refractivity contribution in [1.29, 1.82) is 0 Å². The minimum Gasteiger partial charge on any atom is -0.327 e. The first-order valence-electron chi connectivity index (χ1n) is 5.34. The molecule has 1 nitrogen and oxygen atoms in total. The summed E-state index contributed by atoms with van der Waals surface area (Å²) in [4.78, 5) is 0. The van der Waals surface area contributed by atoms with E-state index in [1.165, 1.54) is 37.2 Å². The van der Waals surface area contributed by atoms with E-state index in [9.17, 15) is 0 Å². The van der Waals surface area contributed by atoms with Crippen LogP contribution >= 0.6 is 23.5 Å². The van der Waals surface area contributed by atoms with Gasteiger partial charge in [0.15, 0.2) is 0 Å². The quantitative estimate of drug-likeness (QED) is 0.671. The molecule has 3 atom stereocenters. The second-order valence-electron chi connectivity index (χ2n) is 4.67. The maximum Gasteiger partial charge on any atom is 0.0656 e. The highest BCUT2D eigenvalue weighted by atomic mass is 32.2. The highest BCUT2D eigenvalue weighted by Gasteiger charge is 2.55. The van der Waals surface area contributed by atoms with Crippen molar-refractivity contribution in [2.24, 2.45) is 17.6 Å². The summed E-state index contributed by atoms with van der Waals surface area (Å²) in [6.07, 6.45) is 5.61. The Morgan fingerprint density at radius 3 is 2.54 bits per heavy atom. The van der Waals surface area contributed by atoms with E-state index in [-0.39, 0.29) is 0 Å². The highest BCUT2D eigenvalue weighted by Crippen LogP contribution is 2.63. The number of hydrogen-bond acceptors (Lipinski definition) is 3. The molecule has 2 bridgehead atoms. The van der Waals surface area contributed by atoms with Crippen molar-refractivity contribution in [3.8, 4) is 0 Å². The predicted octanol–water partition coefficient (Wildman–Crippen LogP) is 2.31. The van der Waals surface area contributed by atoms with Gasteiger partial charge in [-0.3, -0.25) is 0 Å². The number of thioether (sulfide) groups is 2. The monoisotopic (exact) mass is 215 g/mol. The van der Waals surface area contributed by atoms with Crippen molar-refractivity contribution in [3.05, 3.63) is 0 Å². The fraction of sp³-hybridized carbons (Fsp3) is 1.00.